The van der Waals surface area contributed by atoms with Crippen LogP contribution in [-0.2, 0) is 0 Å². The van der Waals surface area contributed by atoms with Crippen LogP contribution in [0.5, 0.6) is 11.8 Å². The second-order valence-corrected chi connectivity index (χ2v) is 2.30. The Morgan fingerprint density at radius 2 is 2.33 bits per heavy atom. The minimum Gasteiger partial charge on any atom is -0.492 e. The molecule has 0 atom stereocenters. The Labute approximate surface area is 75.5 Å². The number of hydrogen-bond donors (Lipinski definition) is 0. The van der Waals surface area contributed by atoms with Crippen molar-refractivity contribution >= 4 is 11.6 Å². The number of nitrogens with zero attached hydrogens (tertiary/aromatic N) is 2. The third-order valence-electron chi connectivity index (χ3n) is 1.18. The molecule has 0 saturated heterocycles. The van der Waals surface area contributed by atoms with E-state index in [0.29, 0.717) is 12.4 Å². The zero-order valence-electron chi connectivity index (χ0n) is 6.87. The molecule has 0 aliphatic heterocycles. The van der Waals surface area contributed by atoms with Crippen molar-refractivity contribution in [2.24, 2.45) is 0 Å². The molecule has 1 rings (SSSR count). The van der Waals surface area contributed by atoms with E-state index in [1.54, 1.807) is 0 Å². The number of methoxy groups -OCH3 is 1. The van der Waals surface area contributed by atoms with E-state index in [2.05, 4.69) is 9.97 Å². The van der Waals surface area contributed by atoms with Gasteiger partial charge in [-0.2, -0.15) is 9.97 Å². The first-order valence-electron chi connectivity index (χ1n) is 3.47. The summed E-state index contributed by atoms with van der Waals surface area (Å²) in [5.41, 5.74) is 0. The molecule has 0 aliphatic rings. The summed E-state index contributed by atoms with van der Waals surface area (Å²) in [6.45, 7) is 2.37. The van der Waals surface area contributed by atoms with Gasteiger partial charge in [-0.15, -0.1) is 0 Å². The lowest BCUT2D eigenvalue weighted by molar-refractivity contribution is 0.309. The molecule has 0 amide bonds. The monoisotopic (exact) mass is 188 g/mol. The third kappa shape index (κ3) is 1.98. The van der Waals surface area contributed by atoms with Crippen LogP contribution in [0.15, 0.2) is 6.20 Å². The first-order valence-corrected chi connectivity index (χ1v) is 3.85. The van der Waals surface area contributed by atoms with Crippen LogP contribution in [0.4, 0.5) is 0 Å². The summed E-state index contributed by atoms with van der Waals surface area (Å²) < 4.78 is 9.89. The molecule has 0 saturated carbocycles. The summed E-state index contributed by atoms with van der Waals surface area (Å²) in [6, 6.07) is 0.267. The molecule has 0 bridgehead atoms. The highest BCUT2D eigenvalue weighted by Gasteiger charge is 2.04. The third-order valence-corrected chi connectivity index (χ3v) is 1.45. The van der Waals surface area contributed by atoms with E-state index in [0.717, 1.165) is 0 Å². The Hall–Kier alpha value is -1.03. The molecule has 0 radical (unpaired) electrons. The van der Waals surface area contributed by atoms with Crippen molar-refractivity contribution in [1.29, 1.82) is 0 Å². The van der Waals surface area contributed by atoms with Crippen molar-refractivity contribution in [2.45, 2.75) is 6.92 Å². The fraction of sp³-hybridized carbons (Fsp3) is 0.429. The quantitative estimate of drug-likeness (QED) is 0.675. The lowest BCUT2D eigenvalue weighted by Crippen LogP contribution is -1.98. The Bertz CT molecular complexity index is 268. The van der Waals surface area contributed by atoms with Gasteiger partial charge in [-0.05, 0) is 6.92 Å². The molecule has 0 spiro atoms. The number of hydrogen-bond acceptors (Lipinski definition) is 4. The highest BCUT2D eigenvalue weighted by molar-refractivity contribution is 6.30. The molecule has 4 nitrogen and oxygen atoms in total. The van der Waals surface area contributed by atoms with Gasteiger partial charge < -0.3 is 9.47 Å². The topological polar surface area (TPSA) is 44.2 Å². The summed E-state index contributed by atoms with van der Waals surface area (Å²) >= 11 is 5.71. The minimum absolute atomic E-state index is 0.260. The van der Waals surface area contributed by atoms with Gasteiger partial charge in [-0.1, -0.05) is 11.6 Å². The van der Waals surface area contributed by atoms with Gasteiger partial charge in [0.15, 0.2) is 10.9 Å². The molecule has 1 heterocycles. The van der Waals surface area contributed by atoms with Crippen molar-refractivity contribution in [2.75, 3.05) is 13.7 Å². The number of halogens is 1. The lowest BCUT2D eigenvalue weighted by atomic mass is 10.6. The van der Waals surface area contributed by atoms with Crippen molar-refractivity contribution in [3.8, 4) is 11.8 Å². The molecular weight excluding hydrogens is 180 g/mol. The molecule has 0 aromatic carbocycles. The second-order valence-electron chi connectivity index (χ2n) is 1.94. The molecule has 5 heteroatoms. The van der Waals surface area contributed by atoms with Crippen LogP contribution in [0.25, 0.3) is 0 Å². The maximum Gasteiger partial charge on any atom is 0.318 e. The van der Waals surface area contributed by atoms with Gasteiger partial charge in [0, 0.05) is 0 Å². The van der Waals surface area contributed by atoms with Crippen LogP contribution in [0, 0.1) is 0 Å². The van der Waals surface area contributed by atoms with E-state index < -0.39 is 0 Å². The highest BCUT2D eigenvalue weighted by atomic mass is 35.5. The van der Waals surface area contributed by atoms with Crippen LogP contribution in [0.2, 0.25) is 5.15 Å². The summed E-state index contributed by atoms with van der Waals surface area (Å²) in [6.07, 6.45) is 1.47. The molecular formula is C7H9ClN2O2. The Morgan fingerprint density at radius 3 is 2.83 bits per heavy atom. The van der Waals surface area contributed by atoms with Crippen LogP contribution in [0.1, 0.15) is 6.92 Å². The Kier molecular flexibility index (Phi) is 3.10. The predicted molar refractivity (Wildman–Crippen MR) is 44.8 cm³/mol. The minimum atomic E-state index is 0.260. The van der Waals surface area contributed by atoms with Crippen LogP contribution in [-0.4, -0.2) is 23.7 Å². The van der Waals surface area contributed by atoms with Crippen molar-refractivity contribution in [3.05, 3.63) is 11.3 Å². The first-order chi connectivity index (χ1) is 5.77. The van der Waals surface area contributed by atoms with Crippen LogP contribution < -0.4 is 9.47 Å². The van der Waals surface area contributed by atoms with Gasteiger partial charge in [0.25, 0.3) is 0 Å². The van der Waals surface area contributed by atoms with E-state index in [1.165, 1.54) is 13.3 Å². The van der Waals surface area contributed by atoms with E-state index in [9.17, 15) is 0 Å². The van der Waals surface area contributed by atoms with Gasteiger partial charge in [0.1, 0.15) is 0 Å². The van der Waals surface area contributed by atoms with Crippen molar-refractivity contribution < 1.29 is 9.47 Å². The normalized spacial score (nSPS) is 9.58. The Morgan fingerprint density at radius 1 is 1.58 bits per heavy atom. The fourth-order valence-electron chi connectivity index (χ4n) is 0.671. The smallest absolute Gasteiger partial charge is 0.318 e. The molecule has 1 aromatic heterocycles. The average molecular weight is 189 g/mol. The predicted octanol–water partition coefficient (Wildman–Crippen LogP) is 1.54. The molecule has 66 valence electrons. The van der Waals surface area contributed by atoms with E-state index in [1.807, 2.05) is 6.92 Å². The average Bonchev–Trinajstić information content (AvgIpc) is 2.05. The maximum atomic E-state index is 5.71. The molecule has 0 unspecified atom stereocenters. The van der Waals surface area contributed by atoms with Crippen molar-refractivity contribution in [3.63, 3.8) is 0 Å². The Balaban J connectivity index is 2.86. The lowest BCUT2D eigenvalue weighted by Gasteiger charge is -2.03. The van der Waals surface area contributed by atoms with Gasteiger partial charge in [0.2, 0.25) is 0 Å². The maximum absolute atomic E-state index is 5.71. The van der Waals surface area contributed by atoms with E-state index in [4.69, 9.17) is 21.1 Å². The fourth-order valence-corrected chi connectivity index (χ4v) is 0.869. The molecule has 0 fully saturated rings. The van der Waals surface area contributed by atoms with Gasteiger partial charge in [-0.3, -0.25) is 0 Å². The van der Waals surface area contributed by atoms with Gasteiger partial charge >= 0.3 is 6.01 Å². The van der Waals surface area contributed by atoms with Crippen LogP contribution in [0.3, 0.4) is 0 Å². The largest absolute Gasteiger partial charge is 0.492 e. The summed E-state index contributed by atoms with van der Waals surface area (Å²) in [4.78, 5) is 7.70. The molecule has 0 aliphatic carbocycles. The highest BCUT2D eigenvalue weighted by Crippen LogP contribution is 2.21. The number of ether oxygens (including phenoxy) is 2. The summed E-state index contributed by atoms with van der Waals surface area (Å²) in [7, 11) is 1.50. The zero-order chi connectivity index (χ0) is 8.97. The van der Waals surface area contributed by atoms with Gasteiger partial charge in [0.05, 0.1) is 19.9 Å². The molecule has 1 aromatic rings. The van der Waals surface area contributed by atoms with Gasteiger partial charge in [-0.25, -0.2) is 0 Å². The SMILES string of the molecule is CCOc1ncc(OC)c(Cl)n1. The number of rotatable bonds is 3. The molecule has 0 N–H and O–H groups in total. The summed E-state index contributed by atoms with van der Waals surface area (Å²) in [5, 5.41) is 0.260. The van der Waals surface area contributed by atoms with Crippen LogP contribution >= 0.6 is 11.6 Å². The van der Waals surface area contributed by atoms with Crippen molar-refractivity contribution in [1.82, 2.24) is 9.97 Å². The van der Waals surface area contributed by atoms with E-state index in [-0.39, 0.29) is 11.2 Å². The number of aromatic nitrogens is 2. The molecule has 12 heavy (non-hydrogen) atoms. The second kappa shape index (κ2) is 4.11. The zero-order valence-corrected chi connectivity index (χ0v) is 7.63. The first kappa shape index (κ1) is 9.06. The summed E-state index contributed by atoms with van der Waals surface area (Å²) in [5.74, 6) is 0.445. The standard InChI is InChI=1S/C7H9ClN2O2/c1-3-12-7-9-4-5(11-2)6(8)10-7/h4H,3H2,1-2H3. The van der Waals surface area contributed by atoms with E-state index >= 15 is 0 Å².